The summed E-state index contributed by atoms with van der Waals surface area (Å²) in [7, 11) is 0. The minimum atomic E-state index is -0.200. The lowest BCUT2D eigenvalue weighted by Gasteiger charge is -2.41. The van der Waals surface area contributed by atoms with Crippen LogP contribution in [0.2, 0.25) is 0 Å². The van der Waals surface area contributed by atoms with E-state index < -0.39 is 0 Å². The van der Waals surface area contributed by atoms with Crippen LogP contribution in [-0.2, 0) is 0 Å². The lowest BCUT2D eigenvalue weighted by Crippen LogP contribution is -2.45. The summed E-state index contributed by atoms with van der Waals surface area (Å²) in [5.74, 6) is 0.430. The Morgan fingerprint density at radius 2 is 1.95 bits per heavy atom. The highest BCUT2D eigenvalue weighted by Crippen LogP contribution is 2.34. The quantitative estimate of drug-likeness (QED) is 0.852. The minimum Gasteiger partial charge on any atom is -0.393 e. The first kappa shape index (κ1) is 16.9. The van der Waals surface area contributed by atoms with Gasteiger partial charge in [-0.1, -0.05) is 41.1 Å². The molecule has 1 heterocycles. The first-order valence-corrected chi connectivity index (χ1v) is 8.76. The molecule has 21 heavy (non-hydrogen) atoms. The summed E-state index contributed by atoms with van der Waals surface area (Å²) in [5, 5.41) is 9.77. The standard InChI is InChI=1S/C17H27BrN2O/c1-3-16(19)17(14-6-4-5-7-15(14)18)20-10-8-13(9-11-20)12(2)21/h4-7,12-13,16-17,21H,3,8-11,19H2,1-2H3. The van der Waals surface area contributed by atoms with Crippen LogP contribution in [0.3, 0.4) is 0 Å². The predicted octanol–water partition coefficient (Wildman–Crippen LogP) is 3.32. The molecule has 2 rings (SSSR count). The number of likely N-dealkylation sites (tertiary alicyclic amines) is 1. The molecule has 1 saturated heterocycles. The van der Waals surface area contributed by atoms with E-state index in [1.54, 1.807) is 0 Å². The summed E-state index contributed by atoms with van der Waals surface area (Å²) in [5.41, 5.74) is 7.71. The number of benzene rings is 1. The van der Waals surface area contributed by atoms with Crippen LogP contribution in [0.5, 0.6) is 0 Å². The van der Waals surface area contributed by atoms with Gasteiger partial charge in [-0.15, -0.1) is 0 Å². The fourth-order valence-corrected chi connectivity index (χ4v) is 3.84. The van der Waals surface area contributed by atoms with Gasteiger partial charge in [0.05, 0.1) is 12.1 Å². The molecule has 0 amide bonds. The molecule has 1 aromatic carbocycles. The van der Waals surface area contributed by atoms with Crippen molar-refractivity contribution in [2.45, 2.75) is 51.3 Å². The Hall–Kier alpha value is -0.420. The molecule has 3 atom stereocenters. The molecule has 3 unspecified atom stereocenters. The number of hydrogen-bond acceptors (Lipinski definition) is 3. The average Bonchev–Trinajstić information content (AvgIpc) is 2.49. The molecule has 0 aliphatic carbocycles. The van der Waals surface area contributed by atoms with Crippen molar-refractivity contribution in [3.63, 3.8) is 0 Å². The summed E-state index contributed by atoms with van der Waals surface area (Å²) in [4.78, 5) is 2.49. The zero-order chi connectivity index (χ0) is 15.4. The van der Waals surface area contributed by atoms with Gasteiger partial charge in [0.2, 0.25) is 0 Å². The molecule has 3 nitrogen and oxygen atoms in total. The van der Waals surface area contributed by atoms with Crippen LogP contribution in [0.4, 0.5) is 0 Å². The van der Waals surface area contributed by atoms with Gasteiger partial charge >= 0.3 is 0 Å². The molecule has 0 aromatic heterocycles. The summed E-state index contributed by atoms with van der Waals surface area (Å²) in [6, 6.07) is 8.77. The number of piperidine rings is 1. The topological polar surface area (TPSA) is 49.5 Å². The van der Waals surface area contributed by atoms with Crippen molar-refractivity contribution < 1.29 is 5.11 Å². The predicted molar refractivity (Wildman–Crippen MR) is 91.1 cm³/mol. The third kappa shape index (κ3) is 4.07. The number of aliphatic hydroxyl groups excluding tert-OH is 1. The van der Waals surface area contributed by atoms with Crippen LogP contribution >= 0.6 is 15.9 Å². The second-order valence-electron chi connectivity index (χ2n) is 6.15. The summed E-state index contributed by atoms with van der Waals surface area (Å²) < 4.78 is 1.14. The Kier molecular flexibility index (Phi) is 6.23. The number of nitrogens with two attached hydrogens (primary N) is 1. The Bertz CT molecular complexity index is 444. The van der Waals surface area contributed by atoms with E-state index in [1.807, 2.05) is 13.0 Å². The maximum absolute atomic E-state index is 9.77. The molecule has 1 aliphatic heterocycles. The van der Waals surface area contributed by atoms with Crippen LogP contribution in [0.15, 0.2) is 28.7 Å². The molecule has 0 radical (unpaired) electrons. The van der Waals surface area contributed by atoms with E-state index in [2.05, 4.69) is 46.0 Å². The van der Waals surface area contributed by atoms with E-state index in [-0.39, 0.29) is 18.2 Å². The van der Waals surface area contributed by atoms with Gasteiger partial charge in [0, 0.05) is 10.5 Å². The number of hydrogen-bond donors (Lipinski definition) is 2. The summed E-state index contributed by atoms with van der Waals surface area (Å²) in [6.07, 6.45) is 2.86. The lowest BCUT2D eigenvalue weighted by molar-refractivity contribution is 0.0494. The monoisotopic (exact) mass is 354 g/mol. The molecule has 1 aromatic rings. The Morgan fingerprint density at radius 3 is 2.48 bits per heavy atom. The molecular weight excluding hydrogens is 328 g/mol. The summed E-state index contributed by atoms with van der Waals surface area (Å²) in [6.45, 7) is 6.07. The minimum absolute atomic E-state index is 0.131. The maximum atomic E-state index is 9.77. The molecule has 0 bridgehead atoms. The largest absolute Gasteiger partial charge is 0.393 e. The Labute approximate surface area is 136 Å². The van der Waals surface area contributed by atoms with E-state index in [0.717, 1.165) is 36.8 Å². The zero-order valence-corrected chi connectivity index (χ0v) is 14.6. The fourth-order valence-electron chi connectivity index (χ4n) is 3.32. The molecule has 3 N–H and O–H groups in total. The van der Waals surface area contributed by atoms with Crippen molar-refractivity contribution in [2.75, 3.05) is 13.1 Å². The van der Waals surface area contributed by atoms with Gasteiger partial charge in [-0.2, -0.15) is 0 Å². The van der Waals surface area contributed by atoms with Crippen LogP contribution in [-0.4, -0.2) is 35.2 Å². The first-order valence-electron chi connectivity index (χ1n) is 7.96. The Balaban J connectivity index is 2.17. The van der Waals surface area contributed by atoms with Crippen molar-refractivity contribution in [3.05, 3.63) is 34.3 Å². The average molecular weight is 355 g/mol. The van der Waals surface area contributed by atoms with Crippen LogP contribution in [0.25, 0.3) is 0 Å². The van der Waals surface area contributed by atoms with Crippen LogP contribution in [0.1, 0.15) is 44.7 Å². The molecule has 1 fully saturated rings. The number of halogens is 1. The second kappa shape index (κ2) is 7.73. The van der Waals surface area contributed by atoms with E-state index in [0.29, 0.717) is 5.92 Å². The van der Waals surface area contributed by atoms with Gasteiger partial charge in [-0.3, -0.25) is 4.90 Å². The van der Waals surface area contributed by atoms with Crippen molar-refractivity contribution in [1.29, 1.82) is 0 Å². The number of nitrogens with zero attached hydrogens (tertiary/aromatic N) is 1. The number of rotatable bonds is 5. The van der Waals surface area contributed by atoms with Gasteiger partial charge in [-0.05, 0) is 56.8 Å². The van der Waals surface area contributed by atoms with E-state index >= 15 is 0 Å². The normalized spacial score (nSPS) is 22.0. The maximum Gasteiger partial charge on any atom is 0.0541 e. The van der Waals surface area contributed by atoms with Gasteiger partial charge in [0.15, 0.2) is 0 Å². The van der Waals surface area contributed by atoms with E-state index in [9.17, 15) is 5.11 Å². The van der Waals surface area contributed by atoms with Crippen molar-refractivity contribution in [1.82, 2.24) is 4.90 Å². The third-order valence-electron chi connectivity index (χ3n) is 4.75. The van der Waals surface area contributed by atoms with Gasteiger partial charge in [0.1, 0.15) is 0 Å². The zero-order valence-electron chi connectivity index (χ0n) is 13.0. The summed E-state index contributed by atoms with van der Waals surface area (Å²) >= 11 is 3.67. The fraction of sp³-hybridized carbons (Fsp3) is 0.647. The molecular formula is C17H27BrN2O. The molecule has 4 heteroatoms. The van der Waals surface area contributed by atoms with Crippen LogP contribution < -0.4 is 5.73 Å². The molecule has 118 valence electrons. The first-order chi connectivity index (χ1) is 10.0. The molecule has 0 spiro atoms. The van der Waals surface area contributed by atoms with Gasteiger partial charge < -0.3 is 10.8 Å². The van der Waals surface area contributed by atoms with Crippen LogP contribution in [0, 0.1) is 5.92 Å². The highest BCUT2D eigenvalue weighted by molar-refractivity contribution is 9.10. The lowest BCUT2D eigenvalue weighted by atomic mass is 9.88. The van der Waals surface area contributed by atoms with Crippen molar-refractivity contribution in [2.24, 2.45) is 11.7 Å². The van der Waals surface area contributed by atoms with E-state index in [4.69, 9.17) is 5.73 Å². The molecule has 0 saturated carbocycles. The smallest absolute Gasteiger partial charge is 0.0541 e. The highest BCUT2D eigenvalue weighted by atomic mass is 79.9. The number of aliphatic hydroxyl groups is 1. The third-order valence-corrected chi connectivity index (χ3v) is 5.47. The van der Waals surface area contributed by atoms with E-state index in [1.165, 1.54) is 5.56 Å². The SMILES string of the molecule is CCC(N)C(c1ccccc1Br)N1CCC(C(C)O)CC1. The highest BCUT2D eigenvalue weighted by Gasteiger charge is 2.31. The van der Waals surface area contributed by atoms with Gasteiger partial charge in [-0.25, -0.2) is 0 Å². The molecule has 1 aliphatic rings. The Morgan fingerprint density at radius 1 is 1.33 bits per heavy atom. The van der Waals surface area contributed by atoms with Crippen molar-refractivity contribution in [3.8, 4) is 0 Å². The van der Waals surface area contributed by atoms with Gasteiger partial charge in [0.25, 0.3) is 0 Å². The second-order valence-corrected chi connectivity index (χ2v) is 7.01. The van der Waals surface area contributed by atoms with Crippen molar-refractivity contribution >= 4 is 15.9 Å².